The Bertz CT molecular complexity index is 704. The molecule has 1 N–H and O–H groups in total. The zero-order valence-corrected chi connectivity index (χ0v) is 12.8. The highest BCUT2D eigenvalue weighted by molar-refractivity contribution is 6.24. The number of amides is 1. The van der Waals surface area contributed by atoms with E-state index in [1.165, 1.54) is 5.01 Å². The summed E-state index contributed by atoms with van der Waals surface area (Å²) in [5.41, 5.74) is 2.64. The standard InChI is InChI=1S/C15H20N4O2/c1-5-18-14(20)12(10(3)16-18)8-7-9-13-11(4)17-19(6-2)15(13)21/h7-9,16H,5-6H2,1-4H3/b8-7+,13-9+. The summed E-state index contributed by atoms with van der Waals surface area (Å²) in [6.45, 7) is 8.60. The van der Waals surface area contributed by atoms with E-state index in [9.17, 15) is 9.59 Å². The number of aromatic nitrogens is 2. The topological polar surface area (TPSA) is 70.5 Å². The predicted molar refractivity (Wildman–Crippen MR) is 83.1 cm³/mol. The van der Waals surface area contributed by atoms with Crippen molar-refractivity contribution in [2.24, 2.45) is 5.10 Å². The Morgan fingerprint density at radius 3 is 2.43 bits per heavy atom. The third-order valence-corrected chi connectivity index (χ3v) is 3.45. The number of hydrogen-bond donors (Lipinski definition) is 1. The molecule has 0 saturated carbocycles. The third kappa shape index (κ3) is 2.74. The number of carbonyl (C=O) groups excluding carboxylic acids is 1. The maximum absolute atomic E-state index is 12.0. The van der Waals surface area contributed by atoms with Gasteiger partial charge in [0, 0.05) is 18.8 Å². The molecular formula is C15H20N4O2. The fourth-order valence-corrected chi connectivity index (χ4v) is 2.26. The smallest absolute Gasteiger partial charge is 0.275 e. The van der Waals surface area contributed by atoms with Crippen molar-refractivity contribution in [3.8, 4) is 0 Å². The first kappa shape index (κ1) is 15.0. The molecule has 1 aromatic heterocycles. The van der Waals surface area contributed by atoms with E-state index in [4.69, 9.17) is 0 Å². The van der Waals surface area contributed by atoms with Crippen LogP contribution in [0.1, 0.15) is 32.0 Å². The van der Waals surface area contributed by atoms with Crippen molar-refractivity contribution in [2.45, 2.75) is 34.2 Å². The average Bonchev–Trinajstić information content (AvgIpc) is 2.89. The van der Waals surface area contributed by atoms with Crippen LogP contribution in [0.5, 0.6) is 0 Å². The second-order valence-electron chi connectivity index (χ2n) is 4.85. The van der Waals surface area contributed by atoms with Crippen molar-refractivity contribution in [3.63, 3.8) is 0 Å². The summed E-state index contributed by atoms with van der Waals surface area (Å²) in [5.74, 6) is -0.101. The Morgan fingerprint density at radius 2 is 1.90 bits per heavy atom. The van der Waals surface area contributed by atoms with Crippen LogP contribution < -0.4 is 5.56 Å². The molecule has 1 aromatic rings. The van der Waals surface area contributed by atoms with E-state index in [1.54, 1.807) is 29.8 Å². The van der Waals surface area contributed by atoms with Crippen LogP contribution in [0.4, 0.5) is 0 Å². The summed E-state index contributed by atoms with van der Waals surface area (Å²) in [6, 6.07) is 0. The molecule has 0 aromatic carbocycles. The van der Waals surface area contributed by atoms with Crippen molar-refractivity contribution in [2.75, 3.05) is 6.54 Å². The number of likely N-dealkylation sites (N-methyl/N-ethyl adjacent to an activating group) is 1. The van der Waals surface area contributed by atoms with E-state index in [-0.39, 0.29) is 11.5 Å². The van der Waals surface area contributed by atoms with Crippen molar-refractivity contribution < 1.29 is 4.79 Å². The SMILES string of the molecule is CCN1N=C(C)/C(=C\C=C\c2c(C)[nH]n(CC)c2=O)C1=O. The number of hydrazone groups is 1. The van der Waals surface area contributed by atoms with Crippen molar-refractivity contribution in [3.05, 3.63) is 39.3 Å². The summed E-state index contributed by atoms with van der Waals surface area (Å²) in [6.07, 6.45) is 5.16. The first-order valence-electron chi connectivity index (χ1n) is 7.04. The van der Waals surface area contributed by atoms with Crippen LogP contribution in [0.2, 0.25) is 0 Å². The van der Waals surface area contributed by atoms with Gasteiger partial charge in [0.15, 0.2) is 0 Å². The molecule has 0 fully saturated rings. The van der Waals surface area contributed by atoms with Gasteiger partial charge in [-0.3, -0.25) is 19.4 Å². The Labute approximate surface area is 123 Å². The molecule has 0 bridgehead atoms. The first-order chi connectivity index (χ1) is 9.99. The monoisotopic (exact) mass is 288 g/mol. The molecule has 112 valence electrons. The minimum atomic E-state index is -0.101. The molecule has 0 aliphatic carbocycles. The molecule has 0 spiro atoms. The van der Waals surface area contributed by atoms with Gasteiger partial charge in [0.25, 0.3) is 11.5 Å². The maximum Gasteiger partial charge on any atom is 0.275 e. The molecule has 1 amide bonds. The van der Waals surface area contributed by atoms with E-state index >= 15 is 0 Å². The molecule has 0 radical (unpaired) electrons. The third-order valence-electron chi connectivity index (χ3n) is 3.45. The second kappa shape index (κ2) is 5.95. The van der Waals surface area contributed by atoms with Crippen LogP contribution >= 0.6 is 0 Å². The van der Waals surface area contributed by atoms with E-state index in [2.05, 4.69) is 10.2 Å². The van der Waals surface area contributed by atoms with Crippen molar-refractivity contribution >= 4 is 17.7 Å². The van der Waals surface area contributed by atoms with E-state index in [0.29, 0.717) is 29.9 Å². The van der Waals surface area contributed by atoms with Crippen LogP contribution in [0.3, 0.4) is 0 Å². The van der Waals surface area contributed by atoms with Gasteiger partial charge in [-0.25, -0.2) is 5.01 Å². The molecule has 21 heavy (non-hydrogen) atoms. The zero-order chi connectivity index (χ0) is 15.6. The average molecular weight is 288 g/mol. The molecular weight excluding hydrogens is 268 g/mol. The maximum atomic E-state index is 12.0. The van der Waals surface area contributed by atoms with Gasteiger partial charge in [-0.2, -0.15) is 5.10 Å². The van der Waals surface area contributed by atoms with Crippen LogP contribution in [0, 0.1) is 6.92 Å². The molecule has 6 nitrogen and oxygen atoms in total. The van der Waals surface area contributed by atoms with Crippen LogP contribution in [0.25, 0.3) is 6.08 Å². The van der Waals surface area contributed by atoms with Crippen molar-refractivity contribution in [1.82, 2.24) is 14.8 Å². The Morgan fingerprint density at radius 1 is 1.19 bits per heavy atom. The Balaban J connectivity index is 2.26. The summed E-state index contributed by atoms with van der Waals surface area (Å²) in [7, 11) is 0. The van der Waals surface area contributed by atoms with Gasteiger partial charge < -0.3 is 0 Å². The number of hydrogen-bond acceptors (Lipinski definition) is 3. The van der Waals surface area contributed by atoms with Gasteiger partial charge in [0.05, 0.1) is 16.8 Å². The first-order valence-corrected chi connectivity index (χ1v) is 7.04. The Kier molecular flexibility index (Phi) is 4.26. The van der Waals surface area contributed by atoms with Crippen molar-refractivity contribution in [1.29, 1.82) is 0 Å². The summed E-state index contributed by atoms with van der Waals surface area (Å²) in [4.78, 5) is 24.0. The highest BCUT2D eigenvalue weighted by atomic mass is 16.2. The Hall–Kier alpha value is -2.37. The molecule has 2 rings (SSSR count). The highest BCUT2D eigenvalue weighted by Gasteiger charge is 2.25. The molecule has 2 heterocycles. The fourth-order valence-electron chi connectivity index (χ4n) is 2.26. The lowest BCUT2D eigenvalue weighted by Gasteiger charge is -2.06. The molecule has 0 saturated heterocycles. The lowest BCUT2D eigenvalue weighted by Crippen LogP contribution is -2.21. The molecule has 0 atom stereocenters. The van der Waals surface area contributed by atoms with E-state index < -0.39 is 0 Å². The quantitative estimate of drug-likeness (QED) is 0.856. The van der Waals surface area contributed by atoms with Crippen LogP contribution in [-0.4, -0.2) is 33.0 Å². The molecule has 6 heteroatoms. The minimum Gasteiger partial charge on any atom is -0.299 e. The summed E-state index contributed by atoms with van der Waals surface area (Å²) < 4.78 is 1.55. The van der Waals surface area contributed by atoms with Crippen LogP contribution in [0.15, 0.2) is 27.6 Å². The normalized spacial score (nSPS) is 17.3. The number of H-pyrrole nitrogens is 1. The van der Waals surface area contributed by atoms with E-state index in [1.807, 2.05) is 20.8 Å². The fraction of sp³-hybridized carbons (Fsp3) is 0.400. The molecule has 1 aliphatic heterocycles. The highest BCUT2D eigenvalue weighted by Crippen LogP contribution is 2.14. The number of allylic oxidation sites excluding steroid dienone is 2. The number of aromatic amines is 1. The van der Waals surface area contributed by atoms with Gasteiger partial charge in [-0.15, -0.1) is 0 Å². The molecule has 1 aliphatic rings. The largest absolute Gasteiger partial charge is 0.299 e. The van der Waals surface area contributed by atoms with Gasteiger partial charge in [0.2, 0.25) is 0 Å². The summed E-state index contributed by atoms with van der Waals surface area (Å²) in [5, 5.41) is 8.61. The number of rotatable bonds is 4. The molecule has 0 unspecified atom stereocenters. The predicted octanol–water partition coefficient (Wildman–Crippen LogP) is 1.68. The lowest BCUT2D eigenvalue weighted by atomic mass is 10.1. The van der Waals surface area contributed by atoms with E-state index in [0.717, 1.165) is 5.69 Å². The van der Waals surface area contributed by atoms with Gasteiger partial charge in [-0.05, 0) is 39.8 Å². The van der Waals surface area contributed by atoms with Gasteiger partial charge in [-0.1, -0.05) is 6.08 Å². The van der Waals surface area contributed by atoms with Gasteiger partial charge in [0.1, 0.15) is 0 Å². The van der Waals surface area contributed by atoms with Crippen LogP contribution in [-0.2, 0) is 11.3 Å². The zero-order valence-electron chi connectivity index (χ0n) is 12.8. The lowest BCUT2D eigenvalue weighted by molar-refractivity contribution is -0.125. The minimum absolute atomic E-state index is 0.0528. The number of nitrogens with one attached hydrogen (secondary N) is 1. The summed E-state index contributed by atoms with van der Waals surface area (Å²) >= 11 is 0. The van der Waals surface area contributed by atoms with Gasteiger partial charge >= 0.3 is 0 Å². The second-order valence-corrected chi connectivity index (χ2v) is 4.85. The number of carbonyl (C=O) groups is 1. The number of nitrogens with zero attached hydrogens (tertiary/aromatic N) is 3. The number of aryl methyl sites for hydroxylation is 2.